The maximum absolute atomic E-state index is 13.6. The number of benzene rings is 3. The molecule has 2 aromatic heterocycles. The van der Waals surface area contributed by atoms with Crippen molar-refractivity contribution in [3.8, 4) is 0 Å². The summed E-state index contributed by atoms with van der Waals surface area (Å²) in [6, 6.07) is 20.9. The summed E-state index contributed by atoms with van der Waals surface area (Å²) in [7, 11) is 0. The van der Waals surface area contributed by atoms with Gasteiger partial charge in [-0.05, 0) is 35.9 Å². The van der Waals surface area contributed by atoms with E-state index in [-0.39, 0.29) is 5.91 Å². The number of hydrogen-bond acceptors (Lipinski definition) is 5. The summed E-state index contributed by atoms with van der Waals surface area (Å²) in [6.45, 7) is 0.398. The van der Waals surface area contributed by atoms with Crippen LogP contribution in [0.25, 0.3) is 21.3 Å². The largest absolute Gasteiger partial charge is 0.279 e. The lowest BCUT2D eigenvalue weighted by Gasteiger charge is -2.20. The van der Waals surface area contributed by atoms with Gasteiger partial charge in [-0.25, -0.2) is 4.98 Å². The number of hydrogen-bond donors (Lipinski definition) is 0. The number of carbonyl (C=O) groups excluding carboxylic acids is 1. The van der Waals surface area contributed by atoms with E-state index in [2.05, 4.69) is 15.0 Å². The molecule has 2 heterocycles. The first kappa shape index (κ1) is 18.7. The number of amides is 1. The van der Waals surface area contributed by atoms with Gasteiger partial charge in [0.15, 0.2) is 5.13 Å². The van der Waals surface area contributed by atoms with Crippen LogP contribution in [0.1, 0.15) is 15.9 Å². The van der Waals surface area contributed by atoms with Gasteiger partial charge in [-0.3, -0.25) is 19.7 Å². The lowest BCUT2D eigenvalue weighted by Crippen LogP contribution is -2.30. The van der Waals surface area contributed by atoms with Crippen LogP contribution >= 0.6 is 22.9 Å². The molecule has 0 saturated carbocycles. The molecule has 5 aromatic rings. The van der Waals surface area contributed by atoms with Gasteiger partial charge in [0.05, 0.1) is 27.3 Å². The smallest absolute Gasteiger partial charge is 0.260 e. The summed E-state index contributed by atoms with van der Waals surface area (Å²) in [4.78, 5) is 28.5. The second-order valence-corrected chi connectivity index (χ2v) is 8.14. The van der Waals surface area contributed by atoms with Crippen molar-refractivity contribution in [1.82, 2.24) is 15.0 Å². The van der Waals surface area contributed by atoms with Crippen LogP contribution < -0.4 is 4.90 Å². The molecule has 0 aliphatic carbocycles. The molecule has 0 aliphatic rings. The zero-order valence-electron chi connectivity index (χ0n) is 15.7. The minimum Gasteiger partial charge on any atom is -0.279 e. The number of rotatable bonds is 4. The third-order valence-corrected chi connectivity index (χ3v) is 6.08. The normalized spacial score (nSPS) is 11.1. The number of aromatic nitrogens is 3. The Morgan fingerprint density at radius 3 is 2.53 bits per heavy atom. The van der Waals surface area contributed by atoms with Crippen molar-refractivity contribution in [3.63, 3.8) is 0 Å². The predicted molar refractivity (Wildman–Crippen MR) is 121 cm³/mol. The van der Waals surface area contributed by atoms with Crippen LogP contribution in [0.2, 0.25) is 5.02 Å². The van der Waals surface area contributed by atoms with E-state index in [9.17, 15) is 4.79 Å². The fraction of sp³-hybridized carbons (Fsp3) is 0.0435. The second kappa shape index (κ2) is 7.82. The van der Waals surface area contributed by atoms with Crippen LogP contribution in [0.4, 0.5) is 5.13 Å². The number of para-hydroxylation sites is 1. The van der Waals surface area contributed by atoms with E-state index in [1.165, 1.54) is 11.3 Å². The minimum absolute atomic E-state index is 0.151. The Labute approximate surface area is 181 Å². The van der Waals surface area contributed by atoms with E-state index >= 15 is 0 Å². The first-order valence-electron chi connectivity index (χ1n) is 9.31. The summed E-state index contributed by atoms with van der Waals surface area (Å²) in [5, 5.41) is 1.18. The molecule has 0 N–H and O–H groups in total. The molecule has 0 spiro atoms. The molecular weight excluding hydrogens is 416 g/mol. The van der Waals surface area contributed by atoms with Gasteiger partial charge in [0.1, 0.15) is 5.52 Å². The summed E-state index contributed by atoms with van der Waals surface area (Å²) >= 11 is 7.77. The lowest BCUT2D eigenvalue weighted by molar-refractivity contribution is 0.0985. The van der Waals surface area contributed by atoms with E-state index in [0.717, 1.165) is 15.8 Å². The van der Waals surface area contributed by atoms with Gasteiger partial charge in [-0.1, -0.05) is 59.3 Å². The number of halogens is 1. The monoisotopic (exact) mass is 430 g/mol. The van der Waals surface area contributed by atoms with E-state index < -0.39 is 0 Å². The van der Waals surface area contributed by atoms with Gasteiger partial charge >= 0.3 is 0 Å². The van der Waals surface area contributed by atoms with Crippen LogP contribution in [0.15, 0.2) is 79.1 Å². The molecule has 0 saturated heterocycles. The van der Waals surface area contributed by atoms with Gasteiger partial charge < -0.3 is 0 Å². The van der Waals surface area contributed by atoms with Crippen LogP contribution in [0, 0.1) is 0 Å². The number of anilines is 1. The molecule has 0 aliphatic heterocycles. The predicted octanol–water partition coefficient (Wildman–Crippen LogP) is 5.74. The zero-order chi connectivity index (χ0) is 20.5. The molecule has 0 bridgehead atoms. The minimum atomic E-state index is -0.151. The Morgan fingerprint density at radius 2 is 1.73 bits per heavy atom. The summed E-state index contributed by atoms with van der Waals surface area (Å²) < 4.78 is 0.938. The van der Waals surface area contributed by atoms with Gasteiger partial charge in [-0.2, -0.15) is 0 Å². The molecule has 7 heteroatoms. The third kappa shape index (κ3) is 3.51. The number of thiazole rings is 1. The molecule has 146 valence electrons. The van der Waals surface area contributed by atoms with Crippen molar-refractivity contribution in [1.29, 1.82) is 0 Å². The Hall–Kier alpha value is -3.35. The molecule has 30 heavy (non-hydrogen) atoms. The Morgan fingerprint density at radius 1 is 0.933 bits per heavy atom. The van der Waals surface area contributed by atoms with Gasteiger partial charge in [0, 0.05) is 18.0 Å². The third-order valence-electron chi connectivity index (χ3n) is 4.73. The Balaban J connectivity index is 1.60. The van der Waals surface area contributed by atoms with Crippen molar-refractivity contribution in [2.24, 2.45) is 0 Å². The molecule has 0 radical (unpaired) electrons. The van der Waals surface area contributed by atoms with Gasteiger partial charge in [-0.15, -0.1) is 0 Å². The molecule has 5 nitrogen and oxygen atoms in total. The first-order valence-corrected chi connectivity index (χ1v) is 10.5. The quantitative estimate of drug-likeness (QED) is 0.364. The average molecular weight is 431 g/mol. The van der Waals surface area contributed by atoms with Crippen molar-refractivity contribution >= 4 is 55.2 Å². The van der Waals surface area contributed by atoms with Gasteiger partial charge in [0.2, 0.25) is 0 Å². The van der Waals surface area contributed by atoms with Crippen LogP contribution in [0.5, 0.6) is 0 Å². The summed E-state index contributed by atoms with van der Waals surface area (Å²) in [5.41, 5.74) is 3.67. The molecule has 3 aromatic carbocycles. The Kier molecular flexibility index (Phi) is 4.86. The van der Waals surface area contributed by atoms with Crippen molar-refractivity contribution in [3.05, 3.63) is 95.3 Å². The lowest BCUT2D eigenvalue weighted by atomic mass is 10.1. The highest BCUT2D eigenvalue weighted by Crippen LogP contribution is 2.34. The van der Waals surface area contributed by atoms with Crippen molar-refractivity contribution in [2.45, 2.75) is 6.54 Å². The van der Waals surface area contributed by atoms with Crippen LogP contribution in [0.3, 0.4) is 0 Å². The Bertz CT molecular complexity index is 1370. The highest BCUT2D eigenvalue weighted by atomic mass is 35.5. The molecule has 0 fully saturated rings. The van der Waals surface area contributed by atoms with Crippen LogP contribution in [-0.4, -0.2) is 20.9 Å². The molecule has 1 amide bonds. The number of nitrogens with zero attached hydrogens (tertiary/aromatic N) is 4. The van der Waals surface area contributed by atoms with Crippen molar-refractivity contribution < 1.29 is 4.79 Å². The van der Waals surface area contributed by atoms with Crippen LogP contribution in [-0.2, 0) is 6.54 Å². The number of fused-ring (bicyclic) bond motifs is 2. The highest BCUT2D eigenvalue weighted by Gasteiger charge is 2.22. The van der Waals surface area contributed by atoms with E-state index in [0.29, 0.717) is 33.3 Å². The maximum atomic E-state index is 13.6. The average Bonchev–Trinajstić information content (AvgIpc) is 3.23. The summed E-state index contributed by atoms with van der Waals surface area (Å²) in [5.74, 6) is -0.151. The topological polar surface area (TPSA) is 59.0 Å². The second-order valence-electron chi connectivity index (χ2n) is 6.72. The van der Waals surface area contributed by atoms with E-state index in [1.807, 2.05) is 48.5 Å². The summed E-state index contributed by atoms with van der Waals surface area (Å²) in [6.07, 6.45) is 3.25. The van der Waals surface area contributed by atoms with Gasteiger partial charge in [0.25, 0.3) is 5.91 Å². The molecular formula is C23H15ClN4OS. The fourth-order valence-corrected chi connectivity index (χ4v) is 4.53. The SMILES string of the molecule is O=C(c1ccc2nccnc2c1)N(Cc1ccccc1)c1nc2c(Cl)cccc2s1. The maximum Gasteiger partial charge on any atom is 0.260 e. The number of carbonyl (C=O) groups is 1. The fourth-order valence-electron chi connectivity index (χ4n) is 3.26. The molecule has 0 unspecified atom stereocenters. The highest BCUT2D eigenvalue weighted by molar-refractivity contribution is 7.22. The standard InChI is InChI=1S/C23H15ClN4OS/c24-17-7-4-8-20-21(17)27-23(30-20)28(14-15-5-2-1-3-6-15)22(29)16-9-10-18-19(13-16)26-12-11-25-18/h1-13H,14H2. The first-order chi connectivity index (χ1) is 14.7. The van der Waals surface area contributed by atoms with E-state index in [4.69, 9.17) is 11.6 Å². The zero-order valence-corrected chi connectivity index (χ0v) is 17.3. The van der Waals surface area contributed by atoms with E-state index in [1.54, 1.807) is 35.5 Å². The molecule has 0 atom stereocenters. The molecule has 5 rings (SSSR count). The van der Waals surface area contributed by atoms with Crippen molar-refractivity contribution in [2.75, 3.05) is 4.90 Å².